The van der Waals surface area contributed by atoms with Gasteiger partial charge in [-0.15, -0.1) is 0 Å². The molecule has 2 rings (SSSR count). The Hall–Kier alpha value is -2.62. The van der Waals surface area contributed by atoms with Crippen molar-refractivity contribution in [1.82, 2.24) is 10.6 Å². The summed E-state index contributed by atoms with van der Waals surface area (Å²) < 4.78 is 0. The fourth-order valence-electron chi connectivity index (χ4n) is 3.17. The minimum absolute atomic E-state index is 0.0839. The average molecular weight is 367 g/mol. The minimum Gasteiger partial charge on any atom is -0.350 e. The summed E-state index contributed by atoms with van der Waals surface area (Å²) in [5.74, 6) is 0.387. The molecule has 0 saturated heterocycles. The van der Waals surface area contributed by atoms with Crippen molar-refractivity contribution in [1.29, 1.82) is 0 Å². The van der Waals surface area contributed by atoms with Crippen molar-refractivity contribution in [2.45, 2.75) is 52.6 Å². The maximum Gasteiger partial charge on any atom is 0.222 e. The lowest BCUT2D eigenvalue weighted by molar-refractivity contribution is -0.123. The van der Waals surface area contributed by atoms with Gasteiger partial charge in [-0.05, 0) is 36.0 Å². The molecule has 0 saturated carbocycles. The van der Waals surface area contributed by atoms with Gasteiger partial charge in [-0.2, -0.15) is 0 Å². The summed E-state index contributed by atoms with van der Waals surface area (Å²) in [4.78, 5) is 24.1. The number of rotatable bonds is 8. The highest BCUT2D eigenvalue weighted by molar-refractivity contribution is 5.79. The van der Waals surface area contributed by atoms with Crippen LogP contribution in [0.3, 0.4) is 0 Å². The number of carbonyl (C=O) groups is 2. The van der Waals surface area contributed by atoms with Gasteiger partial charge in [0.2, 0.25) is 11.8 Å². The normalized spacial score (nSPS) is 13.1. The molecule has 4 nitrogen and oxygen atoms in total. The van der Waals surface area contributed by atoms with Crippen molar-refractivity contribution in [3.05, 3.63) is 71.3 Å². The topological polar surface area (TPSA) is 58.2 Å². The van der Waals surface area contributed by atoms with E-state index in [1.54, 1.807) is 0 Å². The molecule has 2 amide bonds. The van der Waals surface area contributed by atoms with Crippen molar-refractivity contribution in [3.63, 3.8) is 0 Å². The van der Waals surface area contributed by atoms with Crippen LogP contribution in [-0.4, -0.2) is 11.8 Å². The zero-order valence-electron chi connectivity index (χ0n) is 16.7. The lowest BCUT2D eigenvalue weighted by Gasteiger charge is -2.20. The highest BCUT2D eigenvalue weighted by Crippen LogP contribution is 2.19. The van der Waals surface area contributed by atoms with Gasteiger partial charge in [-0.25, -0.2) is 0 Å². The number of amides is 2. The molecule has 2 aromatic rings. The van der Waals surface area contributed by atoms with Crippen LogP contribution in [0.2, 0.25) is 0 Å². The maximum atomic E-state index is 12.5. The zero-order valence-corrected chi connectivity index (χ0v) is 16.7. The molecule has 0 heterocycles. The zero-order chi connectivity index (χ0) is 19.8. The Labute approximate surface area is 162 Å². The molecule has 2 atom stereocenters. The maximum absolute atomic E-state index is 12.5. The van der Waals surface area contributed by atoms with Gasteiger partial charge in [0.1, 0.15) is 0 Å². The van der Waals surface area contributed by atoms with E-state index < -0.39 is 0 Å². The highest BCUT2D eigenvalue weighted by atomic mass is 16.2. The van der Waals surface area contributed by atoms with Crippen LogP contribution < -0.4 is 10.6 Å². The molecule has 0 radical (unpaired) electrons. The van der Waals surface area contributed by atoms with Crippen molar-refractivity contribution in [2.75, 3.05) is 0 Å². The smallest absolute Gasteiger partial charge is 0.222 e. The van der Waals surface area contributed by atoms with E-state index in [9.17, 15) is 9.59 Å². The molecule has 0 aliphatic carbocycles. The van der Waals surface area contributed by atoms with Gasteiger partial charge < -0.3 is 10.6 Å². The average Bonchev–Trinajstić information content (AvgIpc) is 2.61. The number of benzene rings is 2. The van der Waals surface area contributed by atoms with E-state index in [1.807, 2.05) is 37.3 Å². The van der Waals surface area contributed by atoms with Gasteiger partial charge in [0.15, 0.2) is 0 Å². The quantitative estimate of drug-likeness (QED) is 0.730. The Balaban J connectivity index is 1.98. The Morgan fingerprint density at radius 2 is 1.48 bits per heavy atom. The molecule has 0 aliphatic rings. The largest absolute Gasteiger partial charge is 0.350 e. The SMILES string of the molecule is CC(=O)N[C@@H](CC(=O)N[C@@H](C)c1ccc(CC(C)C)cc1)c1ccccc1. The van der Waals surface area contributed by atoms with Gasteiger partial charge >= 0.3 is 0 Å². The monoisotopic (exact) mass is 366 g/mol. The Bertz CT molecular complexity index is 739. The predicted molar refractivity (Wildman–Crippen MR) is 109 cm³/mol. The summed E-state index contributed by atoms with van der Waals surface area (Å²) in [6.45, 7) is 7.85. The summed E-state index contributed by atoms with van der Waals surface area (Å²) in [6, 6.07) is 17.6. The van der Waals surface area contributed by atoms with E-state index in [0.717, 1.165) is 17.5 Å². The Kier molecular flexibility index (Phi) is 7.59. The molecular formula is C23H30N2O2. The standard InChI is InChI=1S/C23H30N2O2/c1-16(2)14-19-10-12-20(13-11-19)17(3)24-23(27)15-22(25-18(4)26)21-8-6-5-7-9-21/h5-13,16-17,22H,14-15H2,1-4H3,(H,24,27)(H,25,26)/t17-,22-/m0/s1. The van der Waals surface area contributed by atoms with Crippen molar-refractivity contribution in [2.24, 2.45) is 5.92 Å². The number of hydrogen-bond donors (Lipinski definition) is 2. The van der Waals surface area contributed by atoms with E-state index in [0.29, 0.717) is 5.92 Å². The molecule has 144 valence electrons. The molecule has 4 heteroatoms. The van der Waals surface area contributed by atoms with Crippen LogP contribution in [0, 0.1) is 5.92 Å². The second kappa shape index (κ2) is 9.91. The van der Waals surface area contributed by atoms with Crippen LogP contribution in [0.1, 0.15) is 62.9 Å². The highest BCUT2D eigenvalue weighted by Gasteiger charge is 2.18. The molecule has 2 aromatic carbocycles. The fourth-order valence-corrected chi connectivity index (χ4v) is 3.17. The molecule has 27 heavy (non-hydrogen) atoms. The van der Waals surface area contributed by atoms with Crippen LogP contribution in [0.5, 0.6) is 0 Å². The van der Waals surface area contributed by atoms with Gasteiger partial charge in [0.25, 0.3) is 0 Å². The van der Waals surface area contributed by atoms with E-state index in [4.69, 9.17) is 0 Å². The fraction of sp³-hybridized carbons (Fsp3) is 0.391. The first-order valence-corrected chi connectivity index (χ1v) is 9.55. The minimum atomic E-state index is -0.329. The molecule has 0 aromatic heterocycles. The number of carbonyl (C=O) groups excluding carboxylic acids is 2. The molecule has 0 bridgehead atoms. The second-order valence-corrected chi connectivity index (χ2v) is 7.50. The third-order valence-electron chi connectivity index (χ3n) is 4.47. The number of nitrogens with one attached hydrogen (secondary N) is 2. The summed E-state index contributed by atoms with van der Waals surface area (Å²) in [5, 5.41) is 5.91. The Morgan fingerprint density at radius 3 is 2.04 bits per heavy atom. The van der Waals surface area contributed by atoms with Crippen LogP contribution in [0.4, 0.5) is 0 Å². The van der Waals surface area contributed by atoms with E-state index in [-0.39, 0.29) is 30.3 Å². The summed E-state index contributed by atoms with van der Waals surface area (Å²) >= 11 is 0. The first-order chi connectivity index (χ1) is 12.8. The van der Waals surface area contributed by atoms with Crippen LogP contribution in [-0.2, 0) is 16.0 Å². The molecule has 0 spiro atoms. The van der Waals surface area contributed by atoms with Crippen molar-refractivity contribution >= 4 is 11.8 Å². The van der Waals surface area contributed by atoms with E-state index >= 15 is 0 Å². The first-order valence-electron chi connectivity index (χ1n) is 9.55. The molecule has 2 N–H and O–H groups in total. The lowest BCUT2D eigenvalue weighted by Crippen LogP contribution is -2.33. The van der Waals surface area contributed by atoms with Crippen LogP contribution in [0.15, 0.2) is 54.6 Å². The van der Waals surface area contributed by atoms with Crippen LogP contribution in [0.25, 0.3) is 0 Å². The predicted octanol–water partition coefficient (Wildman–Crippen LogP) is 4.33. The third kappa shape index (κ3) is 6.89. The van der Waals surface area contributed by atoms with Crippen LogP contribution >= 0.6 is 0 Å². The lowest BCUT2D eigenvalue weighted by atomic mass is 9.99. The number of hydrogen-bond acceptors (Lipinski definition) is 2. The Morgan fingerprint density at radius 1 is 0.852 bits per heavy atom. The molecule has 0 unspecified atom stereocenters. The first kappa shape index (κ1) is 20.7. The second-order valence-electron chi connectivity index (χ2n) is 7.50. The summed E-state index contributed by atoms with van der Waals surface area (Å²) in [6.07, 6.45) is 1.26. The summed E-state index contributed by atoms with van der Waals surface area (Å²) in [5.41, 5.74) is 3.31. The van der Waals surface area contributed by atoms with Gasteiger partial charge in [-0.3, -0.25) is 9.59 Å². The van der Waals surface area contributed by atoms with E-state index in [2.05, 4.69) is 48.7 Å². The van der Waals surface area contributed by atoms with Gasteiger partial charge in [0.05, 0.1) is 18.5 Å². The molecule has 0 aliphatic heterocycles. The van der Waals surface area contributed by atoms with Gasteiger partial charge in [0, 0.05) is 6.92 Å². The van der Waals surface area contributed by atoms with Crippen molar-refractivity contribution < 1.29 is 9.59 Å². The van der Waals surface area contributed by atoms with Gasteiger partial charge in [-0.1, -0.05) is 68.4 Å². The van der Waals surface area contributed by atoms with Crippen molar-refractivity contribution in [3.8, 4) is 0 Å². The van der Waals surface area contributed by atoms with E-state index in [1.165, 1.54) is 12.5 Å². The third-order valence-corrected chi connectivity index (χ3v) is 4.47. The molecular weight excluding hydrogens is 336 g/mol. The summed E-state index contributed by atoms with van der Waals surface area (Å²) in [7, 11) is 0. The molecule has 0 fully saturated rings.